The molecule has 0 aliphatic heterocycles. The molecule has 4 heteroatoms. The van der Waals surface area contributed by atoms with E-state index in [1.54, 1.807) is 13.8 Å². The fraction of sp³-hybridized carbons (Fsp3) is 1.00. The van der Waals surface area contributed by atoms with E-state index in [9.17, 15) is 0 Å². The van der Waals surface area contributed by atoms with Crippen molar-refractivity contribution in [1.82, 2.24) is 0 Å². The quantitative estimate of drug-likeness (QED) is 0.599. The van der Waals surface area contributed by atoms with E-state index in [4.69, 9.17) is 21.0 Å². The molecule has 0 fully saturated rings. The molecule has 52 valence electrons. The minimum atomic E-state index is -3.63. The molecular weight excluding hydrogens is 146 g/mol. The monoisotopic (exact) mass is 158 g/mol. The predicted molar refractivity (Wildman–Crippen MR) is 38.3 cm³/mol. The van der Waals surface area contributed by atoms with Gasteiger partial charge in [-0.3, -0.25) is 0 Å². The van der Waals surface area contributed by atoms with Crippen LogP contribution in [0.5, 0.6) is 0 Å². The first-order chi connectivity index (χ1) is 3.39. The number of rotatable bonds is 2. The van der Waals surface area contributed by atoms with Crippen LogP contribution < -0.4 is 0 Å². The molecule has 0 aromatic rings. The SMILES string of the molecule is CCP(O)(O)(Cl)CC. The van der Waals surface area contributed by atoms with Crippen molar-refractivity contribution in [2.75, 3.05) is 12.3 Å². The number of hydrogen-bond acceptors (Lipinski definition) is 2. The van der Waals surface area contributed by atoms with Crippen LogP contribution in [-0.2, 0) is 0 Å². The maximum absolute atomic E-state index is 9.05. The normalized spacial score (nSPS) is 17.4. The Kier molecular flexibility index (Phi) is 2.28. The van der Waals surface area contributed by atoms with E-state index < -0.39 is 6.41 Å². The Hall–Kier alpha value is 0.640. The maximum atomic E-state index is 9.05. The molecule has 0 aromatic carbocycles. The summed E-state index contributed by atoms with van der Waals surface area (Å²) in [6.07, 6.45) is -3.09. The van der Waals surface area contributed by atoms with Gasteiger partial charge < -0.3 is 0 Å². The molecule has 0 radical (unpaired) electrons. The van der Waals surface area contributed by atoms with E-state index in [1.165, 1.54) is 0 Å². The standard InChI is InChI=1S/C4H12ClO2P/c1-3-8(5,6,7)4-2/h6-7H,3-4H2,1-2H3. The number of halogens is 1. The summed E-state index contributed by atoms with van der Waals surface area (Å²) >= 11 is 5.40. The third-order valence-corrected chi connectivity index (χ3v) is 5.19. The first kappa shape index (κ1) is 8.64. The van der Waals surface area contributed by atoms with Crippen LogP contribution >= 0.6 is 17.7 Å². The van der Waals surface area contributed by atoms with Crippen LogP contribution in [0.4, 0.5) is 0 Å². The van der Waals surface area contributed by atoms with Crippen molar-refractivity contribution in [3.63, 3.8) is 0 Å². The van der Waals surface area contributed by atoms with E-state index in [0.717, 1.165) is 0 Å². The summed E-state index contributed by atoms with van der Waals surface area (Å²) in [6, 6.07) is 0. The molecule has 0 heterocycles. The third kappa shape index (κ3) is 2.83. The molecule has 0 rings (SSSR count). The second-order valence-corrected chi connectivity index (χ2v) is 8.05. The fourth-order valence-electron chi connectivity index (χ4n) is 0.224. The van der Waals surface area contributed by atoms with Gasteiger partial charge in [0.25, 0.3) is 0 Å². The molecule has 0 atom stereocenters. The van der Waals surface area contributed by atoms with Gasteiger partial charge in [-0.25, -0.2) is 0 Å². The molecule has 2 nitrogen and oxygen atoms in total. The molecule has 0 saturated heterocycles. The van der Waals surface area contributed by atoms with Gasteiger partial charge in [0.2, 0.25) is 0 Å². The first-order valence-corrected chi connectivity index (χ1v) is 6.03. The number of hydrogen-bond donors (Lipinski definition) is 2. The van der Waals surface area contributed by atoms with Crippen LogP contribution in [0.3, 0.4) is 0 Å². The Morgan fingerprint density at radius 3 is 1.50 bits per heavy atom. The molecule has 0 saturated carbocycles. The summed E-state index contributed by atoms with van der Waals surface area (Å²) in [5, 5.41) is 0. The molecule has 0 bridgehead atoms. The van der Waals surface area contributed by atoms with Gasteiger partial charge in [-0.15, -0.1) is 0 Å². The Labute approximate surface area is 54.4 Å². The average molecular weight is 159 g/mol. The Balaban J connectivity index is 3.99. The van der Waals surface area contributed by atoms with Crippen molar-refractivity contribution in [2.45, 2.75) is 13.8 Å². The van der Waals surface area contributed by atoms with Gasteiger partial charge in [0, 0.05) is 0 Å². The summed E-state index contributed by atoms with van der Waals surface area (Å²) < 4.78 is 0. The van der Waals surface area contributed by atoms with Crippen LogP contribution in [0, 0.1) is 0 Å². The third-order valence-electron chi connectivity index (χ3n) is 1.25. The summed E-state index contributed by atoms with van der Waals surface area (Å²) in [5.41, 5.74) is 0. The van der Waals surface area contributed by atoms with E-state index >= 15 is 0 Å². The second kappa shape index (κ2) is 2.11. The summed E-state index contributed by atoms with van der Waals surface area (Å²) in [4.78, 5) is 18.1. The van der Waals surface area contributed by atoms with E-state index in [-0.39, 0.29) is 12.3 Å². The van der Waals surface area contributed by atoms with Crippen molar-refractivity contribution < 1.29 is 9.79 Å². The molecule has 0 aliphatic carbocycles. The Morgan fingerprint density at radius 1 is 1.25 bits per heavy atom. The van der Waals surface area contributed by atoms with Crippen LogP contribution in [0.15, 0.2) is 0 Å². The van der Waals surface area contributed by atoms with E-state index in [0.29, 0.717) is 0 Å². The zero-order chi connectivity index (χ0) is 6.86. The van der Waals surface area contributed by atoms with Crippen LogP contribution in [-0.4, -0.2) is 22.1 Å². The second-order valence-electron chi connectivity index (χ2n) is 1.90. The fourth-order valence-corrected chi connectivity index (χ4v) is 0.671. The zero-order valence-corrected chi connectivity index (χ0v) is 6.78. The van der Waals surface area contributed by atoms with Crippen molar-refractivity contribution >= 4 is 17.7 Å². The molecular formula is C4H12ClO2P. The summed E-state index contributed by atoms with van der Waals surface area (Å²) in [7, 11) is 0. The van der Waals surface area contributed by atoms with Crippen LogP contribution in [0.1, 0.15) is 13.8 Å². The van der Waals surface area contributed by atoms with Crippen LogP contribution in [0.25, 0.3) is 0 Å². The van der Waals surface area contributed by atoms with E-state index in [1.807, 2.05) is 0 Å². The molecule has 8 heavy (non-hydrogen) atoms. The topological polar surface area (TPSA) is 40.5 Å². The van der Waals surface area contributed by atoms with Gasteiger partial charge in [0.1, 0.15) is 0 Å². The molecule has 0 amide bonds. The molecule has 0 spiro atoms. The van der Waals surface area contributed by atoms with Gasteiger partial charge in [-0.2, -0.15) is 0 Å². The Morgan fingerprint density at radius 2 is 1.50 bits per heavy atom. The van der Waals surface area contributed by atoms with Crippen molar-refractivity contribution in [3.8, 4) is 0 Å². The average Bonchev–Trinajstić information content (AvgIpc) is 1.68. The van der Waals surface area contributed by atoms with Crippen molar-refractivity contribution in [1.29, 1.82) is 0 Å². The van der Waals surface area contributed by atoms with Crippen molar-refractivity contribution in [3.05, 3.63) is 0 Å². The summed E-state index contributed by atoms with van der Waals surface area (Å²) in [5.74, 6) is 0. The van der Waals surface area contributed by atoms with Gasteiger partial charge in [-0.1, -0.05) is 0 Å². The molecule has 0 unspecified atom stereocenters. The van der Waals surface area contributed by atoms with Crippen molar-refractivity contribution in [2.24, 2.45) is 0 Å². The summed E-state index contributed by atoms with van der Waals surface area (Å²) in [6.45, 7) is 3.35. The molecule has 2 N–H and O–H groups in total. The van der Waals surface area contributed by atoms with Gasteiger partial charge in [-0.05, 0) is 0 Å². The van der Waals surface area contributed by atoms with Crippen LogP contribution in [0.2, 0.25) is 0 Å². The van der Waals surface area contributed by atoms with Gasteiger partial charge >= 0.3 is 53.6 Å². The molecule has 0 aliphatic rings. The van der Waals surface area contributed by atoms with Gasteiger partial charge in [0.05, 0.1) is 0 Å². The minimum absolute atomic E-state index is 0.268. The zero-order valence-electron chi connectivity index (χ0n) is 5.13. The van der Waals surface area contributed by atoms with E-state index in [2.05, 4.69) is 0 Å². The predicted octanol–water partition coefficient (Wildman–Crippen LogP) is 1.55. The molecule has 0 aromatic heterocycles. The van der Waals surface area contributed by atoms with Gasteiger partial charge in [0.15, 0.2) is 0 Å². The first-order valence-electron chi connectivity index (χ1n) is 2.62. The Bertz CT molecular complexity index is 77.8.